The van der Waals surface area contributed by atoms with Crippen molar-refractivity contribution in [2.75, 3.05) is 7.11 Å². The molecule has 0 radical (unpaired) electrons. The van der Waals surface area contributed by atoms with E-state index in [-0.39, 0.29) is 0 Å². The standard InChI is InChI=1S/C18H29NO/c1-4-5-7-15-10-12-16(13-11-15)14(2)19-17-8-6-9-18(17)20-3/h10-14,17-19H,4-9H2,1-3H3. The number of aryl methyl sites for hydroxylation is 1. The van der Waals surface area contributed by atoms with E-state index in [1.165, 1.54) is 49.7 Å². The average molecular weight is 275 g/mol. The third-order valence-corrected chi connectivity index (χ3v) is 4.52. The highest BCUT2D eigenvalue weighted by atomic mass is 16.5. The molecule has 0 aliphatic heterocycles. The number of ether oxygens (including phenoxy) is 1. The van der Waals surface area contributed by atoms with Gasteiger partial charge in [-0.15, -0.1) is 0 Å². The summed E-state index contributed by atoms with van der Waals surface area (Å²) in [6, 6.07) is 10.0. The van der Waals surface area contributed by atoms with Crippen LogP contribution in [0.2, 0.25) is 0 Å². The topological polar surface area (TPSA) is 21.3 Å². The number of nitrogens with one attached hydrogen (secondary N) is 1. The van der Waals surface area contributed by atoms with Gasteiger partial charge in [0.25, 0.3) is 0 Å². The lowest BCUT2D eigenvalue weighted by atomic mass is 10.0. The number of methoxy groups -OCH3 is 1. The quantitative estimate of drug-likeness (QED) is 0.803. The lowest BCUT2D eigenvalue weighted by Gasteiger charge is -2.24. The Bertz CT molecular complexity index is 387. The van der Waals surface area contributed by atoms with Gasteiger partial charge in [0.15, 0.2) is 0 Å². The molecular weight excluding hydrogens is 246 g/mol. The zero-order valence-electron chi connectivity index (χ0n) is 13.2. The van der Waals surface area contributed by atoms with Gasteiger partial charge in [0.1, 0.15) is 0 Å². The van der Waals surface area contributed by atoms with Crippen LogP contribution in [0.1, 0.15) is 63.1 Å². The number of hydrogen-bond donors (Lipinski definition) is 1. The Morgan fingerprint density at radius 3 is 2.65 bits per heavy atom. The molecule has 1 aromatic rings. The van der Waals surface area contributed by atoms with Crippen molar-refractivity contribution in [2.45, 2.75) is 70.6 Å². The molecule has 3 atom stereocenters. The summed E-state index contributed by atoms with van der Waals surface area (Å²) in [5, 5.41) is 3.73. The maximum atomic E-state index is 5.56. The smallest absolute Gasteiger partial charge is 0.0724 e. The molecule has 1 aromatic carbocycles. The van der Waals surface area contributed by atoms with Gasteiger partial charge in [0.2, 0.25) is 0 Å². The zero-order chi connectivity index (χ0) is 14.4. The van der Waals surface area contributed by atoms with Gasteiger partial charge in [-0.3, -0.25) is 0 Å². The van der Waals surface area contributed by atoms with Crippen LogP contribution in [0.3, 0.4) is 0 Å². The fourth-order valence-electron chi connectivity index (χ4n) is 3.17. The minimum Gasteiger partial charge on any atom is -0.380 e. The van der Waals surface area contributed by atoms with E-state index in [0.717, 1.165) is 0 Å². The van der Waals surface area contributed by atoms with E-state index >= 15 is 0 Å². The summed E-state index contributed by atoms with van der Waals surface area (Å²) in [4.78, 5) is 0. The summed E-state index contributed by atoms with van der Waals surface area (Å²) in [5.74, 6) is 0. The van der Waals surface area contributed by atoms with E-state index in [0.29, 0.717) is 18.2 Å². The largest absolute Gasteiger partial charge is 0.380 e. The highest BCUT2D eigenvalue weighted by Gasteiger charge is 2.28. The van der Waals surface area contributed by atoms with Gasteiger partial charge in [-0.2, -0.15) is 0 Å². The first kappa shape index (κ1) is 15.5. The lowest BCUT2D eigenvalue weighted by Crippen LogP contribution is -2.38. The second-order valence-electron chi connectivity index (χ2n) is 6.05. The molecule has 112 valence electrons. The highest BCUT2D eigenvalue weighted by molar-refractivity contribution is 5.25. The predicted molar refractivity (Wildman–Crippen MR) is 85.0 cm³/mol. The van der Waals surface area contributed by atoms with Gasteiger partial charge in [0, 0.05) is 19.2 Å². The molecule has 20 heavy (non-hydrogen) atoms. The summed E-state index contributed by atoms with van der Waals surface area (Å²) < 4.78 is 5.56. The van der Waals surface area contributed by atoms with Gasteiger partial charge in [-0.25, -0.2) is 0 Å². The van der Waals surface area contributed by atoms with Gasteiger partial charge in [0.05, 0.1) is 6.10 Å². The molecule has 0 amide bonds. The predicted octanol–water partition coefficient (Wildman–Crippen LogP) is 4.25. The molecule has 2 heteroatoms. The maximum absolute atomic E-state index is 5.56. The molecule has 1 saturated carbocycles. The Morgan fingerprint density at radius 1 is 1.25 bits per heavy atom. The molecular formula is C18H29NO. The third-order valence-electron chi connectivity index (χ3n) is 4.52. The molecule has 0 bridgehead atoms. The van der Waals surface area contributed by atoms with Crippen LogP contribution in [-0.4, -0.2) is 19.3 Å². The van der Waals surface area contributed by atoms with Crippen LogP contribution in [0.5, 0.6) is 0 Å². The first-order valence-corrected chi connectivity index (χ1v) is 8.12. The third kappa shape index (κ3) is 4.07. The zero-order valence-corrected chi connectivity index (χ0v) is 13.2. The van der Waals surface area contributed by atoms with E-state index in [2.05, 4.69) is 43.4 Å². The van der Waals surface area contributed by atoms with Gasteiger partial charge in [-0.1, -0.05) is 37.6 Å². The van der Waals surface area contributed by atoms with Crippen LogP contribution in [0.25, 0.3) is 0 Å². The Hall–Kier alpha value is -0.860. The Labute approximate surface area is 123 Å². The molecule has 0 heterocycles. The van der Waals surface area contributed by atoms with Crippen molar-refractivity contribution >= 4 is 0 Å². The minimum atomic E-state index is 0.390. The van der Waals surface area contributed by atoms with Crippen molar-refractivity contribution in [3.63, 3.8) is 0 Å². The highest BCUT2D eigenvalue weighted by Crippen LogP contribution is 2.24. The molecule has 0 aromatic heterocycles. The van der Waals surface area contributed by atoms with Crippen LogP contribution in [0.4, 0.5) is 0 Å². The molecule has 0 spiro atoms. The molecule has 1 fully saturated rings. The summed E-state index contributed by atoms with van der Waals surface area (Å²) in [5.41, 5.74) is 2.84. The van der Waals surface area contributed by atoms with Crippen LogP contribution in [0, 0.1) is 0 Å². The van der Waals surface area contributed by atoms with E-state index in [1.54, 1.807) is 0 Å². The second kappa shape index (κ2) is 7.80. The van der Waals surface area contributed by atoms with Crippen molar-refractivity contribution in [3.8, 4) is 0 Å². The number of benzene rings is 1. The summed E-state index contributed by atoms with van der Waals surface area (Å²) >= 11 is 0. The Morgan fingerprint density at radius 2 is 2.00 bits per heavy atom. The van der Waals surface area contributed by atoms with E-state index in [4.69, 9.17) is 4.74 Å². The minimum absolute atomic E-state index is 0.390. The summed E-state index contributed by atoms with van der Waals surface area (Å²) in [6.45, 7) is 4.50. The Balaban J connectivity index is 1.90. The molecule has 1 N–H and O–H groups in total. The van der Waals surface area contributed by atoms with Crippen molar-refractivity contribution in [3.05, 3.63) is 35.4 Å². The van der Waals surface area contributed by atoms with E-state index < -0.39 is 0 Å². The van der Waals surface area contributed by atoms with E-state index in [9.17, 15) is 0 Å². The lowest BCUT2D eigenvalue weighted by molar-refractivity contribution is 0.0820. The first-order chi connectivity index (χ1) is 9.74. The average Bonchev–Trinajstić information content (AvgIpc) is 2.92. The second-order valence-corrected chi connectivity index (χ2v) is 6.05. The van der Waals surface area contributed by atoms with Gasteiger partial charge in [-0.05, 0) is 50.2 Å². The van der Waals surface area contributed by atoms with Crippen molar-refractivity contribution < 1.29 is 4.74 Å². The molecule has 1 aliphatic carbocycles. The maximum Gasteiger partial charge on any atom is 0.0724 e. The van der Waals surface area contributed by atoms with Gasteiger partial charge >= 0.3 is 0 Å². The summed E-state index contributed by atoms with van der Waals surface area (Å²) in [7, 11) is 1.83. The number of unbranched alkanes of at least 4 members (excludes halogenated alkanes) is 1. The number of hydrogen-bond acceptors (Lipinski definition) is 2. The molecule has 0 saturated heterocycles. The fourth-order valence-corrected chi connectivity index (χ4v) is 3.17. The monoisotopic (exact) mass is 275 g/mol. The van der Waals surface area contributed by atoms with Crippen molar-refractivity contribution in [1.29, 1.82) is 0 Å². The number of rotatable bonds is 7. The van der Waals surface area contributed by atoms with Crippen molar-refractivity contribution in [1.82, 2.24) is 5.32 Å². The van der Waals surface area contributed by atoms with Crippen LogP contribution in [0.15, 0.2) is 24.3 Å². The fraction of sp³-hybridized carbons (Fsp3) is 0.667. The molecule has 2 rings (SSSR count). The van der Waals surface area contributed by atoms with Crippen LogP contribution >= 0.6 is 0 Å². The summed E-state index contributed by atoms with van der Waals surface area (Å²) in [6.07, 6.45) is 7.84. The van der Waals surface area contributed by atoms with Gasteiger partial charge < -0.3 is 10.1 Å². The van der Waals surface area contributed by atoms with Crippen molar-refractivity contribution in [2.24, 2.45) is 0 Å². The van der Waals surface area contributed by atoms with Crippen LogP contribution < -0.4 is 5.32 Å². The molecule has 1 aliphatic rings. The van der Waals surface area contributed by atoms with Crippen LogP contribution in [-0.2, 0) is 11.2 Å². The molecule has 3 unspecified atom stereocenters. The molecule has 2 nitrogen and oxygen atoms in total. The normalized spacial score (nSPS) is 23.9. The SMILES string of the molecule is CCCCc1ccc(C(C)NC2CCCC2OC)cc1. The first-order valence-electron chi connectivity index (χ1n) is 8.12. The van der Waals surface area contributed by atoms with E-state index in [1.807, 2.05) is 7.11 Å². The Kier molecular flexibility index (Phi) is 6.06.